The summed E-state index contributed by atoms with van der Waals surface area (Å²) in [4.78, 5) is 0. The van der Waals surface area contributed by atoms with Gasteiger partial charge in [0.25, 0.3) is 0 Å². The molecule has 1 heterocycles. The van der Waals surface area contributed by atoms with Gasteiger partial charge in [0.1, 0.15) is 17.3 Å². The van der Waals surface area contributed by atoms with E-state index in [1.807, 2.05) is 12.1 Å². The summed E-state index contributed by atoms with van der Waals surface area (Å²) in [5.74, 6) is 2.09. The molecule has 5 heteroatoms. The summed E-state index contributed by atoms with van der Waals surface area (Å²) in [7, 11) is 3.16. The summed E-state index contributed by atoms with van der Waals surface area (Å²) >= 11 is 6.08. The van der Waals surface area contributed by atoms with E-state index in [-0.39, 0.29) is 0 Å². The van der Waals surface area contributed by atoms with Gasteiger partial charge < -0.3 is 19.2 Å². The molecule has 0 amide bonds. The van der Waals surface area contributed by atoms with Gasteiger partial charge in [-0.3, -0.25) is 0 Å². The van der Waals surface area contributed by atoms with E-state index in [0.29, 0.717) is 23.1 Å². The van der Waals surface area contributed by atoms with Crippen molar-refractivity contribution in [2.45, 2.75) is 6.54 Å². The zero-order chi connectivity index (χ0) is 13.0. The summed E-state index contributed by atoms with van der Waals surface area (Å²) in [6.07, 6.45) is 1.63. The molecule has 0 aliphatic heterocycles. The van der Waals surface area contributed by atoms with Gasteiger partial charge in [-0.1, -0.05) is 11.6 Å². The maximum atomic E-state index is 6.08. The Labute approximate surface area is 110 Å². The van der Waals surface area contributed by atoms with Crippen molar-refractivity contribution in [2.75, 3.05) is 19.5 Å². The number of benzene rings is 1. The van der Waals surface area contributed by atoms with Crippen molar-refractivity contribution in [1.29, 1.82) is 0 Å². The maximum absolute atomic E-state index is 6.08. The van der Waals surface area contributed by atoms with E-state index >= 15 is 0 Å². The molecule has 2 aromatic rings. The first-order chi connectivity index (χ1) is 8.74. The van der Waals surface area contributed by atoms with Gasteiger partial charge in [-0.05, 0) is 18.2 Å². The van der Waals surface area contributed by atoms with Crippen molar-refractivity contribution in [3.8, 4) is 11.5 Å². The van der Waals surface area contributed by atoms with Crippen LogP contribution in [0.2, 0.25) is 5.02 Å². The smallest absolute Gasteiger partial charge is 0.145 e. The molecule has 0 saturated heterocycles. The quantitative estimate of drug-likeness (QED) is 0.900. The number of ether oxygens (including phenoxy) is 2. The lowest BCUT2D eigenvalue weighted by Gasteiger charge is -2.13. The highest BCUT2D eigenvalue weighted by Gasteiger charge is 2.09. The Balaban J connectivity index is 2.18. The standard InChI is InChI=1S/C13H14ClNO3/c1-16-12-7-13(17-2)11(6-10(12)14)15-8-9-4-3-5-18-9/h3-7,15H,8H2,1-2H3. The van der Waals surface area contributed by atoms with Gasteiger partial charge in [0, 0.05) is 6.07 Å². The molecule has 0 aliphatic rings. The molecule has 0 radical (unpaired) electrons. The van der Waals surface area contributed by atoms with Crippen LogP contribution < -0.4 is 14.8 Å². The first-order valence-corrected chi connectivity index (χ1v) is 5.80. The molecule has 0 spiro atoms. The Morgan fingerprint density at radius 2 is 2.00 bits per heavy atom. The van der Waals surface area contributed by atoms with Crippen molar-refractivity contribution in [2.24, 2.45) is 0 Å². The monoisotopic (exact) mass is 267 g/mol. The number of hydrogen-bond donors (Lipinski definition) is 1. The third-order valence-electron chi connectivity index (χ3n) is 2.51. The summed E-state index contributed by atoms with van der Waals surface area (Å²) in [6, 6.07) is 7.24. The Hall–Kier alpha value is -1.81. The van der Waals surface area contributed by atoms with Crippen molar-refractivity contribution < 1.29 is 13.9 Å². The molecule has 1 aromatic carbocycles. The van der Waals surface area contributed by atoms with Crippen LogP contribution in [-0.2, 0) is 6.54 Å². The SMILES string of the molecule is COc1cc(OC)c(NCc2ccco2)cc1Cl. The second-order valence-corrected chi connectivity index (χ2v) is 4.03. The van der Waals surface area contributed by atoms with Gasteiger partial charge in [-0.25, -0.2) is 0 Å². The van der Waals surface area contributed by atoms with Gasteiger partial charge in [-0.15, -0.1) is 0 Å². The van der Waals surface area contributed by atoms with Crippen molar-refractivity contribution in [1.82, 2.24) is 0 Å². The Kier molecular flexibility index (Phi) is 3.99. The third kappa shape index (κ3) is 2.71. The zero-order valence-electron chi connectivity index (χ0n) is 10.2. The lowest BCUT2D eigenvalue weighted by Crippen LogP contribution is -2.01. The maximum Gasteiger partial charge on any atom is 0.145 e. The van der Waals surface area contributed by atoms with Gasteiger partial charge in [0.15, 0.2) is 0 Å². The van der Waals surface area contributed by atoms with E-state index < -0.39 is 0 Å². The second-order valence-electron chi connectivity index (χ2n) is 3.62. The molecule has 0 bridgehead atoms. The van der Waals surface area contributed by atoms with Crippen LogP contribution in [0.4, 0.5) is 5.69 Å². The number of nitrogens with one attached hydrogen (secondary N) is 1. The highest BCUT2D eigenvalue weighted by Crippen LogP contribution is 2.36. The minimum absolute atomic E-state index is 0.528. The van der Waals surface area contributed by atoms with Crippen LogP contribution in [0.5, 0.6) is 11.5 Å². The van der Waals surface area contributed by atoms with Crippen molar-refractivity contribution in [3.63, 3.8) is 0 Å². The van der Waals surface area contributed by atoms with Gasteiger partial charge >= 0.3 is 0 Å². The first-order valence-electron chi connectivity index (χ1n) is 5.42. The fourth-order valence-electron chi connectivity index (χ4n) is 1.59. The predicted octanol–water partition coefficient (Wildman–Crippen LogP) is 3.56. The minimum Gasteiger partial charge on any atom is -0.495 e. The van der Waals surface area contributed by atoms with Crippen LogP contribution >= 0.6 is 11.6 Å². The lowest BCUT2D eigenvalue weighted by atomic mass is 10.2. The average Bonchev–Trinajstić information content (AvgIpc) is 2.89. The molecule has 0 saturated carbocycles. The minimum atomic E-state index is 0.528. The average molecular weight is 268 g/mol. The first kappa shape index (κ1) is 12.6. The van der Waals surface area contributed by atoms with Gasteiger partial charge in [-0.2, -0.15) is 0 Å². The normalized spacial score (nSPS) is 10.2. The van der Waals surface area contributed by atoms with Gasteiger partial charge in [0.2, 0.25) is 0 Å². The van der Waals surface area contributed by atoms with E-state index in [1.165, 1.54) is 0 Å². The largest absolute Gasteiger partial charge is 0.495 e. The third-order valence-corrected chi connectivity index (χ3v) is 2.80. The zero-order valence-corrected chi connectivity index (χ0v) is 11.0. The van der Waals surface area contributed by atoms with E-state index in [2.05, 4.69) is 5.32 Å². The van der Waals surface area contributed by atoms with E-state index in [4.69, 9.17) is 25.5 Å². The molecule has 2 rings (SSSR count). The second kappa shape index (κ2) is 5.69. The molecule has 18 heavy (non-hydrogen) atoms. The van der Waals surface area contributed by atoms with Gasteiger partial charge in [0.05, 0.1) is 37.7 Å². The fourth-order valence-corrected chi connectivity index (χ4v) is 1.83. The topological polar surface area (TPSA) is 43.6 Å². The molecule has 0 aliphatic carbocycles. The number of methoxy groups -OCH3 is 2. The van der Waals surface area contributed by atoms with E-state index in [1.54, 1.807) is 32.6 Å². The van der Waals surface area contributed by atoms with Crippen molar-refractivity contribution >= 4 is 17.3 Å². The van der Waals surface area contributed by atoms with Crippen LogP contribution in [0.15, 0.2) is 34.9 Å². The van der Waals surface area contributed by atoms with Crippen LogP contribution in [0.3, 0.4) is 0 Å². The summed E-state index contributed by atoms with van der Waals surface area (Å²) in [5.41, 5.74) is 0.791. The summed E-state index contributed by atoms with van der Waals surface area (Å²) in [6.45, 7) is 0.562. The number of furan rings is 1. The number of hydrogen-bond acceptors (Lipinski definition) is 4. The fraction of sp³-hybridized carbons (Fsp3) is 0.231. The molecular weight excluding hydrogens is 254 g/mol. The van der Waals surface area contributed by atoms with E-state index in [9.17, 15) is 0 Å². The van der Waals surface area contributed by atoms with Crippen LogP contribution in [0, 0.1) is 0 Å². The number of rotatable bonds is 5. The molecule has 4 nitrogen and oxygen atoms in total. The van der Waals surface area contributed by atoms with Crippen LogP contribution in [0.1, 0.15) is 5.76 Å². The summed E-state index contributed by atoms with van der Waals surface area (Å²) in [5, 5.41) is 3.73. The van der Waals surface area contributed by atoms with Crippen molar-refractivity contribution in [3.05, 3.63) is 41.3 Å². The summed E-state index contributed by atoms with van der Waals surface area (Å²) < 4.78 is 15.7. The molecule has 0 fully saturated rings. The highest BCUT2D eigenvalue weighted by atomic mass is 35.5. The van der Waals surface area contributed by atoms with Crippen LogP contribution in [0.25, 0.3) is 0 Å². The number of anilines is 1. The molecular formula is C13H14ClNO3. The van der Waals surface area contributed by atoms with Crippen LogP contribution in [-0.4, -0.2) is 14.2 Å². The predicted molar refractivity (Wildman–Crippen MR) is 70.6 cm³/mol. The molecule has 1 aromatic heterocycles. The highest BCUT2D eigenvalue weighted by molar-refractivity contribution is 6.32. The Morgan fingerprint density at radius 3 is 2.61 bits per heavy atom. The molecule has 0 unspecified atom stereocenters. The molecule has 1 N–H and O–H groups in total. The molecule has 96 valence electrons. The Bertz CT molecular complexity index is 511. The Morgan fingerprint density at radius 1 is 1.22 bits per heavy atom. The number of halogens is 1. The molecule has 0 atom stereocenters. The van der Waals surface area contributed by atoms with E-state index in [0.717, 1.165) is 11.4 Å². The lowest BCUT2D eigenvalue weighted by molar-refractivity contribution is 0.395.